The zero-order chi connectivity index (χ0) is 32.2. The van der Waals surface area contributed by atoms with Crippen molar-refractivity contribution < 1.29 is 17.9 Å². The van der Waals surface area contributed by atoms with Crippen molar-refractivity contribution in [2.75, 3.05) is 6.61 Å². The molecule has 0 radical (unpaired) electrons. The van der Waals surface area contributed by atoms with E-state index in [1.54, 1.807) is 11.1 Å². The SMILES string of the molecule is Cc1ccc(-c2ccc(C3CC(C)(C)C(CCC[C@@H](F)C(C)(F)F)C4CCC5CC6(CCC5=C34)CCC(C)(C)CO6)cc2)cc1. The van der Waals surface area contributed by atoms with Crippen LogP contribution in [0.5, 0.6) is 0 Å². The Labute approximate surface area is 270 Å². The summed E-state index contributed by atoms with van der Waals surface area (Å²) < 4.78 is 48.4. The minimum Gasteiger partial charge on any atom is -0.374 e. The number of fused-ring (bicyclic) bond motifs is 2. The van der Waals surface area contributed by atoms with Crippen LogP contribution in [0.15, 0.2) is 59.7 Å². The standard InChI is InChI=1S/C41H55F3O/c1-27-10-12-28(13-11-27)29-14-16-30(17-15-29)34-25-39(4,5)35(8-7-9-36(42)40(6,43)44)33-19-18-31-24-41(21-20-32(31)37(33)34)23-22-38(2,3)26-45-41/h10-17,31,33-36H,7-9,18-26H2,1-6H3/t31?,33?,34?,35?,36-,41?/m1/s1. The molecule has 2 aromatic rings. The van der Waals surface area contributed by atoms with Crippen LogP contribution in [0.2, 0.25) is 0 Å². The van der Waals surface area contributed by atoms with Crippen molar-refractivity contribution in [1.29, 1.82) is 0 Å². The molecule has 1 nitrogen and oxygen atoms in total. The number of halogens is 3. The Bertz CT molecular complexity index is 1350. The van der Waals surface area contributed by atoms with Gasteiger partial charge in [-0.3, -0.25) is 0 Å². The summed E-state index contributed by atoms with van der Waals surface area (Å²) in [5.41, 5.74) is 8.81. The average Bonchev–Trinajstić information content (AvgIpc) is 2.99. The van der Waals surface area contributed by atoms with Crippen LogP contribution in [-0.2, 0) is 4.74 Å². The molecule has 0 bridgehead atoms. The molecular formula is C41H55F3O. The maximum atomic E-state index is 14.3. The number of hydrogen-bond acceptors (Lipinski definition) is 1. The second-order valence-electron chi connectivity index (χ2n) is 16.9. The van der Waals surface area contributed by atoms with Crippen LogP contribution >= 0.6 is 0 Å². The fraction of sp³-hybridized carbons (Fsp3) is 0.659. The Morgan fingerprint density at radius 2 is 1.56 bits per heavy atom. The summed E-state index contributed by atoms with van der Waals surface area (Å²) in [5, 5.41) is 0. The first kappa shape index (κ1) is 32.9. The van der Waals surface area contributed by atoms with Gasteiger partial charge in [-0.15, -0.1) is 0 Å². The number of benzene rings is 2. The van der Waals surface area contributed by atoms with Crippen molar-refractivity contribution in [2.45, 2.75) is 136 Å². The minimum atomic E-state index is -3.27. The van der Waals surface area contributed by atoms with Gasteiger partial charge in [0.05, 0.1) is 12.2 Å². The molecular weight excluding hydrogens is 565 g/mol. The highest BCUT2D eigenvalue weighted by molar-refractivity contribution is 5.64. The van der Waals surface area contributed by atoms with Crippen molar-refractivity contribution >= 4 is 0 Å². The van der Waals surface area contributed by atoms with E-state index in [9.17, 15) is 13.2 Å². The maximum absolute atomic E-state index is 14.3. The molecule has 0 amide bonds. The summed E-state index contributed by atoms with van der Waals surface area (Å²) in [6.07, 6.45) is 8.32. The van der Waals surface area contributed by atoms with Gasteiger partial charge in [-0.25, -0.2) is 13.2 Å². The third kappa shape index (κ3) is 6.83. The topological polar surface area (TPSA) is 9.23 Å². The second-order valence-corrected chi connectivity index (χ2v) is 16.9. The Balaban J connectivity index is 1.31. The van der Waals surface area contributed by atoms with Crippen LogP contribution in [0, 0.1) is 35.5 Å². The highest BCUT2D eigenvalue weighted by Gasteiger charge is 2.52. The molecule has 3 fully saturated rings. The molecule has 1 spiro atoms. The summed E-state index contributed by atoms with van der Waals surface area (Å²) in [4.78, 5) is 0. The molecule has 5 unspecified atom stereocenters. The lowest BCUT2D eigenvalue weighted by atomic mass is 9.50. The average molecular weight is 621 g/mol. The smallest absolute Gasteiger partial charge is 0.275 e. The third-order valence-electron chi connectivity index (χ3n) is 12.4. The zero-order valence-electron chi connectivity index (χ0n) is 28.5. The molecule has 6 atom stereocenters. The fourth-order valence-corrected chi connectivity index (χ4v) is 9.63. The predicted octanol–water partition coefficient (Wildman–Crippen LogP) is 12.0. The quantitative estimate of drug-likeness (QED) is 0.280. The van der Waals surface area contributed by atoms with E-state index in [1.807, 2.05) is 0 Å². The molecule has 246 valence electrons. The largest absolute Gasteiger partial charge is 0.374 e. The molecule has 2 aromatic carbocycles. The summed E-state index contributed by atoms with van der Waals surface area (Å²) >= 11 is 0. The number of allylic oxidation sites excluding steroid dienone is 2. The molecule has 3 aliphatic carbocycles. The molecule has 0 aromatic heterocycles. The van der Waals surface area contributed by atoms with Gasteiger partial charge in [0.1, 0.15) is 0 Å². The highest BCUT2D eigenvalue weighted by atomic mass is 19.3. The van der Waals surface area contributed by atoms with Gasteiger partial charge in [0.2, 0.25) is 0 Å². The summed E-state index contributed by atoms with van der Waals surface area (Å²) in [6.45, 7) is 13.1. The van der Waals surface area contributed by atoms with Crippen LogP contribution in [0.4, 0.5) is 13.2 Å². The first-order chi connectivity index (χ1) is 21.2. The molecule has 1 saturated heterocycles. The van der Waals surface area contributed by atoms with E-state index >= 15 is 0 Å². The predicted molar refractivity (Wildman–Crippen MR) is 179 cm³/mol. The number of alkyl halides is 3. The summed E-state index contributed by atoms with van der Waals surface area (Å²) in [7, 11) is 0. The van der Waals surface area contributed by atoms with Crippen molar-refractivity contribution in [2.24, 2.45) is 28.6 Å². The lowest BCUT2D eigenvalue weighted by Crippen LogP contribution is -2.48. The Hall–Kier alpha value is -2.07. The second kappa shape index (κ2) is 12.2. The van der Waals surface area contributed by atoms with Gasteiger partial charge in [0.15, 0.2) is 6.17 Å². The normalized spacial score (nSPS) is 31.8. The van der Waals surface area contributed by atoms with Crippen molar-refractivity contribution in [1.82, 2.24) is 0 Å². The first-order valence-electron chi connectivity index (χ1n) is 17.7. The number of ether oxygens (including phenoxy) is 1. The van der Waals surface area contributed by atoms with Crippen LogP contribution in [0.25, 0.3) is 11.1 Å². The van der Waals surface area contributed by atoms with Crippen molar-refractivity contribution in [3.05, 3.63) is 70.8 Å². The number of rotatable bonds is 7. The molecule has 4 aliphatic rings. The van der Waals surface area contributed by atoms with Gasteiger partial charge < -0.3 is 4.74 Å². The van der Waals surface area contributed by atoms with Gasteiger partial charge in [-0.05, 0) is 116 Å². The van der Waals surface area contributed by atoms with Gasteiger partial charge in [-0.2, -0.15) is 0 Å². The Morgan fingerprint density at radius 3 is 2.18 bits per heavy atom. The van der Waals surface area contributed by atoms with E-state index in [0.29, 0.717) is 37.0 Å². The van der Waals surface area contributed by atoms with Gasteiger partial charge in [0.25, 0.3) is 5.92 Å². The lowest BCUT2D eigenvalue weighted by Gasteiger charge is -2.56. The third-order valence-corrected chi connectivity index (χ3v) is 12.4. The first-order valence-corrected chi connectivity index (χ1v) is 17.7. The molecule has 4 heteroatoms. The van der Waals surface area contributed by atoms with Crippen LogP contribution in [0.3, 0.4) is 0 Å². The van der Waals surface area contributed by atoms with E-state index < -0.39 is 12.1 Å². The summed E-state index contributed by atoms with van der Waals surface area (Å²) in [6, 6.07) is 18.1. The molecule has 1 aliphatic heterocycles. The van der Waals surface area contributed by atoms with Crippen LogP contribution in [-0.4, -0.2) is 24.3 Å². The Kier molecular flexibility index (Phi) is 8.90. The zero-order valence-corrected chi connectivity index (χ0v) is 28.5. The lowest BCUT2D eigenvalue weighted by molar-refractivity contribution is -0.144. The van der Waals surface area contributed by atoms with E-state index in [2.05, 4.69) is 83.1 Å². The Morgan fingerprint density at radius 1 is 0.889 bits per heavy atom. The molecule has 0 N–H and O–H groups in total. The minimum absolute atomic E-state index is 0.0249. The number of aryl methyl sites for hydroxylation is 1. The molecule has 1 heterocycles. The highest BCUT2D eigenvalue weighted by Crippen LogP contribution is 2.62. The van der Waals surface area contributed by atoms with E-state index in [-0.39, 0.29) is 22.9 Å². The maximum Gasteiger partial charge on any atom is 0.275 e. The van der Waals surface area contributed by atoms with Crippen LogP contribution < -0.4 is 0 Å². The monoisotopic (exact) mass is 620 g/mol. The van der Waals surface area contributed by atoms with E-state index in [1.165, 1.54) is 35.1 Å². The van der Waals surface area contributed by atoms with E-state index in [0.717, 1.165) is 51.6 Å². The number of hydrogen-bond donors (Lipinski definition) is 0. The molecule has 6 rings (SSSR count). The summed E-state index contributed by atoms with van der Waals surface area (Å²) in [5.74, 6) is -1.53. The van der Waals surface area contributed by atoms with Gasteiger partial charge >= 0.3 is 0 Å². The van der Waals surface area contributed by atoms with Gasteiger partial charge in [-0.1, -0.05) is 99.4 Å². The molecule has 2 saturated carbocycles. The van der Waals surface area contributed by atoms with Crippen molar-refractivity contribution in [3.8, 4) is 11.1 Å². The van der Waals surface area contributed by atoms with Gasteiger partial charge in [0, 0.05) is 12.8 Å². The van der Waals surface area contributed by atoms with Crippen molar-refractivity contribution in [3.63, 3.8) is 0 Å². The van der Waals surface area contributed by atoms with Crippen LogP contribution in [0.1, 0.15) is 122 Å². The fourth-order valence-electron chi connectivity index (χ4n) is 9.63. The molecule has 45 heavy (non-hydrogen) atoms. The van der Waals surface area contributed by atoms with E-state index in [4.69, 9.17) is 4.74 Å².